The molecule has 0 spiro atoms. The average molecular weight is 357 g/mol. The van der Waals surface area contributed by atoms with Crippen LogP contribution >= 0.6 is 11.6 Å². The number of hydrogen-bond donors (Lipinski definition) is 3. The molecule has 1 aromatic carbocycles. The number of carbonyl (C=O) groups excluding carboxylic acids is 2. The third-order valence-corrected chi connectivity index (χ3v) is 3.58. The zero-order chi connectivity index (χ0) is 18.3. The van der Waals surface area contributed by atoms with Crippen LogP contribution in [0.4, 0.5) is 5.69 Å². The largest absolute Gasteiger partial charge is 0.481 e. The van der Waals surface area contributed by atoms with Gasteiger partial charge in [-0.3, -0.25) is 14.4 Å². The molecule has 1 aromatic rings. The van der Waals surface area contributed by atoms with Gasteiger partial charge in [-0.05, 0) is 32.0 Å². The van der Waals surface area contributed by atoms with Crippen LogP contribution in [0.5, 0.6) is 0 Å². The highest BCUT2D eigenvalue weighted by atomic mass is 35.5. The van der Waals surface area contributed by atoms with Gasteiger partial charge in [0.05, 0.1) is 22.6 Å². The smallest absolute Gasteiger partial charge is 0.309 e. The second-order valence-electron chi connectivity index (χ2n) is 5.86. The van der Waals surface area contributed by atoms with Gasteiger partial charge in [-0.25, -0.2) is 0 Å². The van der Waals surface area contributed by atoms with Crippen molar-refractivity contribution in [3.8, 4) is 0 Å². The fourth-order valence-electron chi connectivity index (χ4n) is 1.82. The molecule has 0 heterocycles. The molecule has 0 bridgehead atoms. The molecule has 7 nitrogen and oxygen atoms in total. The number of rotatable bonds is 8. The van der Waals surface area contributed by atoms with Crippen molar-refractivity contribution >= 4 is 35.1 Å². The van der Waals surface area contributed by atoms with Gasteiger partial charge in [0, 0.05) is 25.8 Å². The summed E-state index contributed by atoms with van der Waals surface area (Å²) in [5.74, 6) is -1.85. The van der Waals surface area contributed by atoms with Gasteiger partial charge in [0.15, 0.2) is 0 Å². The summed E-state index contributed by atoms with van der Waals surface area (Å²) in [6.45, 7) is 3.68. The Hall–Kier alpha value is -2.12. The lowest BCUT2D eigenvalue weighted by molar-refractivity contribution is -0.148. The van der Waals surface area contributed by atoms with Crippen molar-refractivity contribution < 1.29 is 24.2 Å². The zero-order valence-corrected chi connectivity index (χ0v) is 14.6. The first-order valence-corrected chi connectivity index (χ1v) is 7.65. The molecule has 8 heteroatoms. The predicted octanol–water partition coefficient (Wildman–Crippen LogP) is 2.16. The van der Waals surface area contributed by atoms with Crippen LogP contribution in [0.3, 0.4) is 0 Å². The van der Waals surface area contributed by atoms with Gasteiger partial charge in [-0.1, -0.05) is 11.6 Å². The normalized spacial score (nSPS) is 11.0. The topological polar surface area (TPSA) is 105 Å². The summed E-state index contributed by atoms with van der Waals surface area (Å²) < 4.78 is 4.84. The molecule has 0 aromatic heterocycles. The van der Waals surface area contributed by atoms with Crippen LogP contribution < -0.4 is 10.6 Å². The monoisotopic (exact) mass is 356 g/mol. The van der Waals surface area contributed by atoms with Crippen LogP contribution in [0.1, 0.15) is 30.6 Å². The molecule has 0 aliphatic carbocycles. The number of amides is 2. The number of nitrogens with one attached hydrogen (secondary N) is 2. The van der Waals surface area contributed by atoms with Crippen molar-refractivity contribution in [2.45, 2.75) is 20.3 Å². The molecule has 0 radical (unpaired) electrons. The third-order valence-electron chi connectivity index (χ3n) is 3.27. The standard InChI is InChI=1S/C16H21ClN2O5/c1-16(2,15(22)23)9-13(20)19-10-4-5-11(12(17)8-10)14(21)18-6-7-24-3/h4-5,8H,6-7,9H2,1-3H3,(H,18,21)(H,19,20)(H,22,23). The Morgan fingerprint density at radius 1 is 1.29 bits per heavy atom. The number of carbonyl (C=O) groups is 3. The summed E-state index contributed by atoms with van der Waals surface area (Å²) in [6.07, 6.45) is -0.181. The van der Waals surface area contributed by atoms with Gasteiger partial charge in [-0.2, -0.15) is 0 Å². The summed E-state index contributed by atoms with van der Waals surface area (Å²) in [6, 6.07) is 4.46. The fourth-order valence-corrected chi connectivity index (χ4v) is 2.09. The number of halogens is 1. The van der Waals surface area contributed by atoms with Crippen LogP contribution in [0.25, 0.3) is 0 Å². The molecule has 0 saturated carbocycles. The van der Waals surface area contributed by atoms with Gasteiger partial charge < -0.3 is 20.5 Å². The van der Waals surface area contributed by atoms with E-state index in [0.717, 1.165) is 0 Å². The zero-order valence-electron chi connectivity index (χ0n) is 13.8. The number of methoxy groups -OCH3 is 1. The van der Waals surface area contributed by atoms with Gasteiger partial charge in [0.1, 0.15) is 0 Å². The molecular formula is C16H21ClN2O5. The van der Waals surface area contributed by atoms with E-state index < -0.39 is 17.3 Å². The van der Waals surface area contributed by atoms with Crippen LogP contribution in [0.15, 0.2) is 18.2 Å². The Labute approximate surface area is 145 Å². The maximum absolute atomic E-state index is 11.9. The molecule has 132 valence electrons. The lowest BCUT2D eigenvalue weighted by Gasteiger charge is -2.18. The fraction of sp³-hybridized carbons (Fsp3) is 0.438. The van der Waals surface area contributed by atoms with E-state index in [-0.39, 0.29) is 22.9 Å². The second kappa shape index (κ2) is 8.65. The second-order valence-corrected chi connectivity index (χ2v) is 6.26. The van der Waals surface area contributed by atoms with E-state index in [1.807, 2.05) is 0 Å². The molecule has 2 amide bonds. The summed E-state index contributed by atoms with van der Waals surface area (Å²) in [4.78, 5) is 34.9. The lowest BCUT2D eigenvalue weighted by atomic mass is 9.89. The summed E-state index contributed by atoms with van der Waals surface area (Å²) in [5, 5.41) is 14.4. The molecule has 0 unspecified atom stereocenters. The first-order valence-electron chi connectivity index (χ1n) is 7.27. The molecule has 0 aliphatic rings. The van der Waals surface area contributed by atoms with E-state index in [2.05, 4.69) is 10.6 Å². The maximum atomic E-state index is 11.9. The summed E-state index contributed by atoms with van der Waals surface area (Å²) >= 11 is 6.07. The average Bonchev–Trinajstić information content (AvgIpc) is 2.46. The van der Waals surface area contributed by atoms with Gasteiger partial charge in [0.2, 0.25) is 5.91 Å². The minimum Gasteiger partial charge on any atom is -0.481 e. The highest BCUT2D eigenvalue weighted by Crippen LogP contribution is 2.24. The maximum Gasteiger partial charge on any atom is 0.309 e. The Balaban J connectivity index is 2.72. The Morgan fingerprint density at radius 3 is 2.50 bits per heavy atom. The number of carboxylic acids is 1. The van der Waals surface area contributed by atoms with Crippen molar-refractivity contribution in [3.05, 3.63) is 28.8 Å². The number of ether oxygens (including phenoxy) is 1. The number of benzene rings is 1. The van der Waals surface area contributed by atoms with E-state index in [0.29, 0.717) is 18.8 Å². The molecule has 1 rings (SSSR count). The van der Waals surface area contributed by atoms with E-state index >= 15 is 0 Å². The Morgan fingerprint density at radius 2 is 1.96 bits per heavy atom. The molecule has 0 aliphatic heterocycles. The summed E-state index contributed by atoms with van der Waals surface area (Å²) in [5.41, 5.74) is -0.508. The van der Waals surface area contributed by atoms with E-state index in [4.69, 9.17) is 21.4 Å². The first kappa shape index (κ1) is 19.9. The summed E-state index contributed by atoms with van der Waals surface area (Å²) in [7, 11) is 1.53. The van der Waals surface area contributed by atoms with Crippen LogP contribution in [-0.4, -0.2) is 43.2 Å². The van der Waals surface area contributed by atoms with E-state index in [1.54, 1.807) is 0 Å². The van der Waals surface area contributed by atoms with Crippen LogP contribution in [0.2, 0.25) is 5.02 Å². The first-order chi connectivity index (χ1) is 11.2. The number of hydrogen-bond acceptors (Lipinski definition) is 4. The molecule has 0 saturated heterocycles. The number of anilines is 1. The number of aliphatic carboxylic acids is 1. The molecule has 24 heavy (non-hydrogen) atoms. The highest BCUT2D eigenvalue weighted by molar-refractivity contribution is 6.34. The molecule has 0 fully saturated rings. The van der Waals surface area contributed by atoms with Crippen LogP contribution in [0, 0.1) is 5.41 Å². The van der Waals surface area contributed by atoms with Gasteiger partial charge in [0.25, 0.3) is 5.91 Å². The quantitative estimate of drug-likeness (QED) is 0.619. The minimum absolute atomic E-state index is 0.181. The van der Waals surface area contributed by atoms with Gasteiger partial charge >= 0.3 is 5.97 Å². The van der Waals surface area contributed by atoms with E-state index in [9.17, 15) is 14.4 Å². The number of carboxylic acid groups (broad SMARTS) is 1. The Bertz CT molecular complexity index is 631. The SMILES string of the molecule is COCCNC(=O)c1ccc(NC(=O)CC(C)(C)C(=O)O)cc1Cl. The van der Waals surface area contributed by atoms with Crippen LogP contribution in [-0.2, 0) is 14.3 Å². The van der Waals surface area contributed by atoms with Crippen molar-refractivity contribution in [2.75, 3.05) is 25.6 Å². The van der Waals surface area contributed by atoms with Gasteiger partial charge in [-0.15, -0.1) is 0 Å². The minimum atomic E-state index is -1.17. The predicted molar refractivity (Wildman–Crippen MR) is 90.3 cm³/mol. The van der Waals surface area contributed by atoms with Crippen molar-refractivity contribution in [1.29, 1.82) is 0 Å². The highest BCUT2D eigenvalue weighted by Gasteiger charge is 2.30. The molecular weight excluding hydrogens is 336 g/mol. The third kappa shape index (κ3) is 5.82. The Kier molecular flexibility index (Phi) is 7.18. The van der Waals surface area contributed by atoms with Crippen molar-refractivity contribution in [3.63, 3.8) is 0 Å². The van der Waals surface area contributed by atoms with Crippen molar-refractivity contribution in [1.82, 2.24) is 5.32 Å². The lowest BCUT2D eigenvalue weighted by Crippen LogP contribution is -2.29. The molecule has 0 atom stereocenters. The van der Waals surface area contributed by atoms with E-state index in [1.165, 1.54) is 39.2 Å². The van der Waals surface area contributed by atoms with Crippen molar-refractivity contribution in [2.24, 2.45) is 5.41 Å². The molecule has 3 N–H and O–H groups in total.